The number of hydrogen-bond donors (Lipinski definition) is 1. The second-order valence-corrected chi connectivity index (χ2v) is 2.33. The van der Waals surface area contributed by atoms with Crippen LogP contribution in [0.2, 0.25) is 0 Å². The highest BCUT2D eigenvalue weighted by Crippen LogP contribution is 2.04. The Morgan fingerprint density at radius 2 is 1.67 bits per heavy atom. The Hall–Kier alpha value is -0.860. The third kappa shape index (κ3) is 1.09. The summed E-state index contributed by atoms with van der Waals surface area (Å²) in [6.07, 6.45) is 0. The smallest absolute Gasteiger partial charge is 0.0453 e. The lowest BCUT2D eigenvalue weighted by Crippen LogP contribution is -2.24. The lowest BCUT2D eigenvalue weighted by atomic mass is 10.0. The highest BCUT2D eigenvalue weighted by Gasteiger charge is 2.11. The standard InChI is InChI=1S/C6H11N3/c1-4-5(2)7-9-8-6(4)3/h4,9H,1-3H3. The van der Waals surface area contributed by atoms with Crippen molar-refractivity contribution in [3.8, 4) is 0 Å². The van der Waals surface area contributed by atoms with Crippen molar-refractivity contribution in [2.75, 3.05) is 0 Å². The summed E-state index contributed by atoms with van der Waals surface area (Å²) in [4.78, 5) is 0. The quantitative estimate of drug-likeness (QED) is 0.514. The van der Waals surface area contributed by atoms with Crippen LogP contribution in [0.15, 0.2) is 10.2 Å². The predicted molar refractivity (Wildman–Crippen MR) is 38.5 cm³/mol. The van der Waals surface area contributed by atoms with E-state index in [9.17, 15) is 0 Å². The van der Waals surface area contributed by atoms with Crippen molar-refractivity contribution in [3.63, 3.8) is 0 Å². The molecule has 0 saturated heterocycles. The molecule has 0 unspecified atom stereocenters. The molecule has 1 heterocycles. The Bertz CT molecular complexity index is 151. The molecule has 9 heavy (non-hydrogen) atoms. The molecular weight excluding hydrogens is 114 g/mol. The van der Waals surface area contributed by atoms with E-state index in [1.807, 2.05) is 13.8 Å². The second kappa shape index (κ2) is 2.17. The largest absolute Gasteiger partial charge is 0.198 e. The van der Waals surface area contributed by atoms with Crippen LogP contribution in [0.3, 0.4) is 0 Å². The number of rotatable bonds is 0. The summed E-state index contributed by atoms with van der Waals surface area (Å²) >= 11 is 0. The van der Waals surface area contributed by atoms with Gasteiger partial charge in [-0.2, -0.15) is 15.7 Å². The van der Waals surface area contributed by atoms with E-state index in [0.717, 1.165) is 11.4 Å². The lowest BCUT2D eigenvalue weighted by Gasteiger charge is -2.14. The van der Waals surface area contributed by atoms with Crippen LogP contribution in [0.1, 0.15) is 20.8 Å². The Morgan fingerprint density at radius 3 is 2.00 bits per heavy atom. The number of nitrogens with zero attached hydrogens (tertiary/aromatic N) is 2. The highest BCUT2D eigenvalue weighted by molar-refractivity contribution is 6.05. The van der Waals surface area contributed by atoms with Crippen LogP contribution in [-0.4, -0.2) is 11.4 Å². The minimum absolute atomic E-state index is 0.409. The topological polar surface area (TPSA) is 36.8 Å². The van der Waals surface area contributed by atoms with Crippen LogP contribution >= 0.6 is 0 Å². The maximum Gasteiger partial charge on any atom is 0.0453 e. The molecule has 0 aliphatic carbocycles. The maximum absolute atomic E-state index is 3.94. The first-order valence-electron chi connectivity index (χ1n) is 3.05. The molecule has 0 bridgehead atoms. The van der Waals surface area contributed by atoms with Crippen molar-refractivity contribution < 1.29 is 0 Å². The number of hydrazone groups is 2. The van der Waals surface area contributed by atoms with Crippen molar-refractivity contribution in [2.24, 2.45) is 16.1 Å². The van der Waals surface area contributed by atoms with Crippen LogP contribution in [0.25, 0.3) is 0 Å². The fraction of sp³-hybridized carbons (Fsp3) is 0.667. The summed E-state index contributed by atoms with van der Waals surface area (Å²) < 4.78 is 0. The van der Waals surface area contributed by atoms with E-state index in [4.69, 9.17) is 0 Å². The Labute approximate surface area is 54.8 Å². The van der Waals surface area contributed by atoms with Crippen LogP contribution in [0.4, 0.5) is 0 Å². The van der Waals surface area contributed by atoms with Gasteiger partial charge in [-0.1, -0.05) is 6.92 Å². The molecule has 1 rings (SSSR count). The van der Waals surface area contributed by atoms with E-state index in [1.54, 1.807) is 0 Å². The van der Waals surface area contributed by atoms with Gasteiger partial charge in [0.25, 0.3) is 0 Å². The molecule has 0 aromatic carbocycles. The first-order valence-corrected chi connectivity index (χ1v) is 3.05. The molecule has 0 aromatic rings. The first-order chi connectivity index (χ1) is 4.22. The SMILES string of the molecule is CC1=NNN=C(C)C1C. The van der Waals surface area contributed by atoms with Gasteiger partial charge in [0.15, 0.2) is 0 Å². The summed E-state index contributed by atoms with van der Waals surface area (Å²) in [6, 6.07) is 0. The van der Waals surface area contributed by atoms with Crippen molar-refractivity contribution in [1.29, 1.82) is 0 Å². The van der Waals surface area contributed by atoms with E-state index < -0.39 is 0 Å². The molecule has 0 spiro atoms. The van der Waals surface area contributed by atoms with Crippen molar-refractivity contribution >= 4 is 11.4 Å². The van der Waals surface area contributed by atoms with E-state index >= 15 is 0 Å². The summed E-state index contributed by atoms with van der Waals surface area (Å²) in [5.41, 5.74) is 4.79. The molecule has 3 heteroatoms. The molecule has 50 valence electrons. The van der Waals surface area contributed by atoms with Crippen LogP contribution in [0, 0.1) is 5.92 Å². The van der Waals surface area contributed by atoms with Crippen molar-refractivity contribution in [2.45, 2.75) is 20.8 Å². The summed E-state index contributed by atoms with van der Waals surface area (Å²) in [5, 5.41) is 7.88. The lowest BCUT2D eigenvalue weighted by molar-refractivity contribution is 0.754. The molecule has 0 atom stereocenters. The monoisotopic (exact) mass is 125 g/mol. The normalized spacial score (nSPS) is 20.3. The first kappa shape index (κ1) is 6.26. The van der Waals surface area contributed by atoms with Gasteiger partial charge in [0.05, 0.1) is 0 Å². The van der Waals surface area contributed by atoms with Gasteiger partial charge in [-0.25, -0.2) is 0 Å². The average molecular weight is 125 g/mol. The molecule has 0 fully saturated rings. The molecule has 1 aliphatic heterocycles. The second-order valence-electron chi connectivity index (χ2n) is 2.33. The van der Waals surface area contributed by atoms with Gasteiger partial charge >= 0.3 is 0 Å². The van der Waals surface area contributed by atoms with Gasteiger partial charge in [-0.3, -0.25) is 0 Å². The molecule has 0 amide bonds. The van der Waals surface area contributed by atoms with Gasteiger partial charge in [0.1, 0.15) is 0 Å². The fourth-order valence-electron chi connectivity index (χ4n) is 0.679. The Balaban J connectivity index is 2.74. The van der Waals surface area contributed by atoms with Crippen LogP contribution in [-0.2, 0) is 0 Å². The van der Waals surface area contributed by atoms with Gasteiger partial charge < -0.3 is 0 Å². The van der Waals surface area contributed by atoms with Crippen LogP contribution in [0.5, 0.6) is 0 Å². The van der Waals surface area contributed by atoms with E-state index in [-0.39, 0.29) is 0 Å². The zero-order chi connectivity index (χ0) is 6.85. The molecule has 0 aromatic heterocycles. The van der Waals surface area contributed by atoms with Gasteiger partial charge in [0.2, 0.25) is 0 Å². The number of nitrogens with one attached hydrogen (secondary N) is 1. The minimum Gasteiger partial charge on any atom is -0.198 e. The van der Waals surface area contributed by atoms with E-state index in [1.165, 1.54) is 0 Å². The van der Waals surface area contributed by atoms with Gasteiger partial charge in [-0.15, -0.1) is 0 Å². The molecule has 1 N–H and O–H groups in total. The van der Waals surface area contributed by atoms with E-state index in [0.29, 0.717) is 5.92 Å². The van der Waals surface area contributed by atoms with Crippen molar-refractivity contribution in [1.82, 2.24) is 5.53 Å². The molecule has 0 saturated carbocycles. The third-order valence-electron chi connectivity index (χ3n) is 1.71. The summed E-state index contributed by atoms with van der Waals surface area (Å²) in [6.45, 7) is 6.09. The molecular formula is C6H11N3. The Kier molecular flexibility index (Phi) is 1.51. The fourth-order valence-corrected chi connectivity index (χ4v) is 0.679. The number of hydrogen-bond acceptors (Lipinski definition) is 3. The predicted octanol–water partition coefficient (Wildman–Crippen LogP) is 0.978. The average Bonchev–Trinajstić information content (AvgIpc) is 1.83. The molecule has 1 aliphatic rings. The van der Waals surface area contributed by atoms with Crippen LogP contribution < -0.4 is 5.53 Å². The Morgan fingerprint density at radius 1 is 1.22 bits per heavy atom. The molecule has 0 radical (unpaired) electrons. The third-order valence-corrected chi connectivity index (χ3v) is 1.71. The molecule has 3 nitrogen and oxygen atoms in total. The van der Waals surface area contributed by atoms with Gasteiger partial charge in [-0.05, 0) is 13.8 Å². The van der Waals surface area contributed by atoms with Crippen molar-refractivity contribution in [3.05, 3.63) is 0 Å². The highest BCUT2D eigenvalue weighted by atomic mass is 15.5. The summed E-state index contributed by atoms with van der Waals surface area (Å²) in [5.74, 6) is 0.409. The van der Waals surface area contributed by atoms with E-state index in [2.05, 4.69) is 22.7 Å². The zero-order valence-corrected chi connectivity index (χ0v) is 5.97. The zero-order valence-electron chi connectivity index (χ0n) is 5.97. The maximum atomic E-state index is 3.94. The summed E-state index contributed by atoms with van der Waals surface area (Å²) in [7, 11) is 0. The van der Waals surface area contributed by atoms with Gasteiger partial charge in [0, 0.05) is 17.3 Å². The minimum atomic E-state index is 0.409.